The van der Waals surface area contributed by atoms with Crippen molar-refractivity contribution in [3.8, 4) is 11.5 Å². The normalized spacial score (nSPS) is 22.7. The second-order valence-electron chi connectivity index (χ2n) is 9.30. The van der Waals surface area contributed by atoms with Gasteiger partial charge in [-0.2, -0.15) is 0 Å². The zero-order valence-corrected chi connectivity index (χ0v) is 21.3. The lowest BCUT2D eigenvalue weighted by Gasteiger charge is -2.41. The number of ether oxygens (including phenoxy) is 2. The summed E-state index contributed by atoms with van der Waals surface area (Å²) in [6, 6.07) is 8.11. The summed E-state index contributed by atoms with van der Waals surface area (Å²) in [5, 5.41) is 27.1. The molecule has 7 N–H and O–H groups in total. The number of rotatable bonds is 8. The lowest BCUT2D eigenvalue weighted by atomic mass is 9.99. The number of guanidine groups is 1. The molecule has 4 atom stereocenters. The fourth-order valence-electron chi connectivity index (χ4n) is 4.70. The number of halogens is 1. The molecule has 2 aromatic rings. The van der Waals surface area contributed by atoms with E-state index in [1.165, 1.54) is 11.9 Å². The topological polar surface area (TPSA) is 188 Å². The Balaban J connectivity index is 1.59. The number of nitrogens with two attached hydrogens (primary N) is 1. The second kappa shape index (κ2) is 10.7. The SMILES string of the molecule is CNC(=O)C1Oc2c1cccc2N1C(=NC(CC(=O)O)C(=O)O)NC=C(F)C1Nc1ccc2c(c1)C(N)CCO2. The summed E-state index contributed by atoms with van der Waals surface area (Å²) in [7, 11) is 1.47. The molecule has 0 bridgehead atoms. The van der Waals surface area contributed by atoms with Crippen LogP contribution in [0.5, 0.6) is 11.5 Å². The third-order valence-corrected chi connectivity index (χ3v) is 6.70. The van der Waals surface area contributed by atoms with Crippen LogP contribution in [0.15, 0.2) is 53.4 Å². The van der Waals surface area contributed by atoms with Crippen LogP contribution >= 0.6 is 0 Å². The predicted molar refractivity (Wildman–Crippen MR) is 141 cm³/mol. The number of benzene rings is 2. The van der Waals surface area contributed by atoms with E-state index < -0.39 is 42.5 Å². The second-order valence-corrected chi connectivity index (χ2v) is 9.30. The van der Waals surface area contributed by atoms with Crippen molar-refractivity contribution in [2.24, 2.45) is 10.7 Å². The average Bonchev–Trinajstić information content (AvgIpc) is 2.90. The number of anilines is 2. The lowest BCUT2D eigenvalue weighted by molar-refractivity contribution is -0.144. The maximum atomic E-state index is 15.5. The van der Waals surface area contributed by atoms with Crippen molar-refractivity contribution in [3.05, 3.63) is 59.6 Å². The van der Waals surface area contributed by atoms with E-state index in [2.05, 4.69) is 20.9 Å². The van der Waals surface area contributed by atoms with Crippen molar-refractivity contribution in [1.29, 1.82) is 0 Å². The molecular weight excluding hydrogens is 527 g/mol. The molecule has 3 aliphatic heterocycles. The first kappa shape index (κ1) is 26.7. The summed E-state index contributed by atoms with van der Waals surface area (Å²) < 4.78 is 27.0. The van der Waals surface area contributed by atoms with Gasteiger partial charge in [0.25, 0.3) is 5.91 Å². The number of para-hydroxylation sites is 1. The van der Waals surface area contributed by atoms with E-state index in [9.17, 15) is 24.6 Å². The van der Waals surface area contributed by atoms with Crippen LogP contribution in [-0.2, 0) is 14.4 Å². The lowest BCUT2D eigenvalue weighted by Crippen LogP contribution is -2.54. The number of aliphatic carboxylic acids is 2. The number of fused-ring (bicyclic) bond motifs is 2. The molecule has 3 heterocycles. The number of aliphatic imine (C=N–C) groups is 1. The summed E-state index contributed by atoms with van der Waals surface area (Å²) in [4.78, 5) is 40.8. The molecule has 1 amide bonds. The van der Waals surface area contributed by atoms with Crippen molar-refractivity contribution in [3.63, 3.8) is 0 Å². The van der Waals surface area contributed by atoms with Crippen LogP contribution in [0.4, 0.5) is 15.8 Å². The third-order valence-electron chi connectivity index (χ3n) is 6.70. The van der Waals surface area contributed by atoms with E-state index in [-0.39, 0.29) is 29.3 Å². The predicted octanol–water partition coefficient (Wildman–Crippen LogP) is 1.59. The van der Waals surface area contributed by atoms with E-state index in [1.807, 2.05) is 0 Å². The number of amides is 1. The summed E-state index contributed by atoms with van der Waals surface area (Å²) in [5.41, 5.74) is 8.27. The van der Waals surface area contributed by atoms with Crippen molar-refractivity contribution in [1.82, 2.24) is 10.6 Å². The fraction of sp³-hybridized carbons (Fsp3) is 0.308. The van der Waals surface area contributed by atoms with Crippen LogP contribution < -0.4 is 36.1 Å². The molecule has 0 radical (unpaired) electrons. The highest BCUT2D eigenvalue weighted by Crippen LogP contribution is 2.47. The number of carboxylic acids is 2. The first-order chi connectivity index (χ1) is 19.2. The molecule has 0 fully saturated rings. The van der Waals surface area contributed by atoms with Gasteiger partial charge in [-0.3, -0.25) is 14.5 Å². The first-order valence-electron chi connectivity index (χ1n) is 12.4. The van der Waals surface area contributed by atoms with Gasteiger partial charge in [-0.15, -0.1) is 0 Å². The van der Waals surface area contributed by atoms with Crippen molar-refractivity contribution >= 4 is 35.2 Å². The standard InChI is InChI=1S/C26H27FN6O7/c1-29-24(36)22-13-3-2-4-18(21(13)40-22)33-23(31-12-5-6-19-14(9-12)16(28)7-8-39-19)15(27)11-30-26(33)32-17(25(37)38)10-20(34)35/h2-6,9,11,16-17,22-23,31H,7-8,10,28H2,1H3,(H,29,36)(H,30,32)(H,34,35)(H,37,38). The third kappa shape index (κ3) is 4.96. The Morgan fingerprint density at radius 1 is 1.25 bits per heavy atom. The van der Waals surface area contributed by atoms with Gasteiger partial charge in [-0.05, 0) is 24.3 Å². The molecule has 0 spiro atoms. The number of likely N-dealkylation sites (N-methyl/N-ethyl adjacent to an activating group) is 1. The van der Waals surface area contributed by atoms with Crippen LogP contribution in [0.25, 0.3) is 0 Å². The molecule has 0 aliphatic carbocycles. The van der Waals surface area contributed by atoms with Crippen molar-refractivity contribution < 1.29 is 38.5 Å². The summed E-state index contributed by atoms with van der Waals surface area (Å²) in [6.45, 7) is 0.484. The zero-order chi connectivity index (χ0) is 28.6. The Morgan fingerprint density at radius 3 is 2.77 bits per heavy atom. The van der Waals surface area contributed by atoms with Gasteiger partial charge in [-0.1, -0.05) is 12.1 Å². The van der Waals surface area contributed by atoms with Gasteiger partial charge in [0.15, 0.2) is 23.8 Å². The monoisotopic (exact) mass is 554 g/mol. The first-order valence-corrected chi connectivity index (χ1v) is 12.4. The van der Waals surface area contributed by atoms with Crippen LogP contribution in [0.1, 0.15) is 36.1 Å². The van der Waals surface area contributed by atoms with Crippen LogP contribution in [0.3, 0.4) is 0 Å². The van der Waals surface area contributed by atoms with Crippen LogP contribution in [0.2, 0.25) is 0 Å². The quantitative estimate of drug-likeness (QED) is 0.278. The number of hydrogen-bond donors (Lipinski definition) is 6. The minimum absolute atomic E-state index is 0.147. The smallest absolute Gasteiger partial charge is 0.329 e. The molecule has 3 aliphatic rings. The summed E-state index contributed by atoms with van der Waals surface area (Å²) >= 11 is 0. The molecule has 2 aromatic carbocycles. The fourth-order valence-corrected chi connectivity index (χ4v) is 4.70. The number of nitrogens with zero attached hydrogens (tertiary/aromatic N) is 2. The highest BCUT2D eigenvalue weighted by molar-refractivity contribution is 6.03. The Bertz CT molecular complexity index is 1430. The maximum Gasteiger partial charge on any atom is 0.329 e. The molecule has 0 saturated heterocycles. The van der Waals surface area contributed by atoms with Gasteiger partial charge in [0.1, 0.15) is 5.75 Å². The Hall–Kier alpha value is -4.85. The molecule has 5 rings (SSSR count). The molecule has 210 valence electrons. The van der Waals surface area contributed by atoms with Crippen LogP contribution in [0, 0.1) is 0 Å². The number of nitrogens with one attached hydrogen (secondary N) is 3. The van der Waals surface area contributed by atoms with E-state index in [0.717, 1.165) is 11.8 Å². The Morgan fingerprint density at radius 2 is 2.05 bits per heavy atom. The molecule has 0 saturated carbocycles. The van der Waals surface area contributed by atoms with Gasteiger partial charge in [0.05, 0.1) is 18.7 Å². The summed E-state index contributed by atoms with van der Waals surface area (Å²) in [5.74, 6) is -3.18. The van der Waals surface area contributed by atoms with Crippen molar-refractivity contribution in [2.75, 3.05) is 23.9 Å². The van der Waals surface area contributed by atoms with Gasteiger partial charge >= 0.3 is 11.9 Å². The van der Waals surface area contributed by atoms with Crippen molar-refractivity contribution in [2.45, 2.75) is 37.2 Å². The van der Waals surface area contributed by atoms with E-state index in [0.29, 0.717) is 30.0 Å². The minimum atomic E-state index is -1.68. The van der Waals surface area contributed by atoms with Gasteiger partial charge < -0.3 is 41.4 Å². The highest BCUT2D eigenvalue weighted by Gasteiger charge is 2.41. The number of carbonyl (C=O) groups is 3. The highest BCUT2D eigenvalue weighted by atomic mass is 19.1. The maximum absolute atomic E-state index is 15.5. The number of carboxylic acid groups (broad SMARTS) is 2. The Labute approximate surface area is 227 Å². The molecule has 14 heteroatoms. The average molecular weight is 555 g/mol. The largest absolute Gasteiger partial charge is 0.493 e. The summed E-state index contributed by atoms with van der Waals surface area (Å²) in [6.07, 6.45) is -1.34. The molecule has 0 aromatic heterocycles. The van der Waals surface area contributed by atoms with E-state index >= 15 is 4.39 Å². The van der Waals surface area contributed by atoms with Crippen LogP contribution in [-0.4, -0.2) is 59.9 Å². The van der Waals surface area contributed by atoms with E-state index in [4.69, 9.17) is 15.2 Å². The zero-order valence-electron chi connectivity index (χ0n) is 21.3. The number of hydrogen-bond acceptors (Lipinski definition) is 8. The molecule has 13 nitrogen and oxygen atoms in total. The minimum Gasteiger partial charge on any atom is -0.493 e. The molecular formula is C26H27FN6O7. The Kier molecular flexibility index (Phi) is 7.17. The van der Waals surface area contributed by atoms with Gasteiger partial charge in [-0.25, -0.2) is 14.2 Å². The molecule has 40 heavy (non-hydrogen) atoms. The molecule has 4 unspecified atom stereocenters. The van der Waals surface area contributed by atoms with E-state index in [1.54, 1.807) is 36.4 Å². The number of carbonyl (C=O) groups excluding carboxylic acids is 1. The van der Waals surface area contributed by atoms with Gasteiger partial charge in [0, 0.05) is 42.5 Å². The van der Waals surface area contributed by atoms with Gasteiger partial charge in [0.2, 0.25) is 12.1 Å².